The lowest BCUT2D eigenvalue weighted by Crippen LogP contribution is -2.51. The molecule has 36 heavy (non-hydrogen) atoms. The molecule has 0 spiro atoms. The number of sulfonamides is 2. The number of carbonyl (C=O) groups is 1. The highest BCUT2D eigenvalue weighted by Crippen LogP contribution is 2.46. The fourth-order valence-electron chi connectivity index (χ4n) is 4.19. The van der Waals surface area contributed by atoms with Crippen molar-refractivity contribution in [3.63, 3.8) is 0 Å². The predicted molar refractivity (Wildman–Crippen MR) is 141 cm³/mol. The summed E-state index contributed by atoms with van der Waals surface area (Å²) >= 11 is 0. The molecule has 0 radical (unpaired) electrons. The Bertz CT molecular complexity index is 1510. The second kappa shape index (κ2) is 9.14. The summed E-state index contributed by atoms with van der Waals surface area (Å²) in [6.07, 6.45) is 0. The number of hydrogen-bond donors (Lipinski definition) is 1. The molecule has 7 nitrogen and oxygen atoms in total. The third-order valence-electron chi connectivity index (χ3n) is 6.35. The number of fused-ring (bicyclic) bond motifs is 1. The van der Waals surface area contributed by atoms with Crippen molar-refractivity contribution in [3.8, 4) is 0 Å². The largest absolute Gasteiger partial charge is 0.273 e. The summed E-state index contributed by atoms with van der Waals surface area (Å²) in [4.78, 5) is 14.1. The van der Waals surface area contributed by atoms with Gasteiger partial charge in [0.1, 0.15) is 0 Å². The Labute approximate surface area is 213 Å². The average Bonchev–Trinajstić information content (AvgIpc) is 2.78. The summed E-state index contributed by atoms with van der Waals surface area (Å²) in [5.41, 5.74) is 2.70. The van der Waals surface area contributed by atoms with Gasteiger partial charge in [-0.3, -0.25) is 4.79 Å². The Hall–Kier alpha value is -3.01. The van der Waals surface area contributed by atoms with Gasteiger partial charge in [-0.15, -0.1) is 0 Å². The maximum atomic E-state index is 14.1. The molecular weight excluding hydrogens is 496 g/mol. The van der Waals surface area contributed by atoms with Crippen LogP contribution in [-0.4, -0.2) is 27.5 Å². The van der Waals surface area contributed by atoms with Crippen molar-refractivity contribution in [2.24, 2.45) is 0 Å². The van der Waals surface area contributed by atoms with Crippen LogP contribution in [0.3, 0.4) is 0 Å². The van der Waals surface area contributed by atoms with Crippen molar-refractivity contribution in [3.05, 3.63) is 95.1 Å². The van der Waals surface area contributed by atoms with E-state index < -0.39 is 42.7 Å². The van der Waals surface area contributed by atoms with E-state index in [2.05, 4.69) is 4.72 Å². The first-order valence-corrected chi connectivity index (χ1v) is 14.5. The molecule has 0 saturated carbocycles. The summed E-state index contributed by atoms with van der Waals surface area (Å²) in [7, 11) is -8.18. The molecule has 0 unspecified atom stereocenters. The first-order valence-electron chi connectivity index (χ1n) is 11.6. The zero-order chi connectivity index (χ0) is 26.5. The highest BCUT2D eigenvalue weighted by molar-refractivity contribution is 7.93. The molecule has 9 heteroatoms. The third kappa shape index (κ3) is 4.58. The van der Waals surface area contributed by atoms with Crippen molar-refractivity contribution in [2.45, 2.75) is 56.2 Å². The van der Waals surface area contributed by atoms with E-state index in [9.17, 15) is 21.6 Å². The van der Waals surface area contributed by atoms with Gasteiger partial charge in [0, 0.05) is 0 Å². The molecule has 1 heterocycles. The van der Waals surface area contributed by atoms with Gasteiger partial charge < -0.3 is 0 Å². The molecule has 1 aliphatic heterocycles. The van der Waals surface area contributed by atoms with E-state index in [4.69, 9.17) is 0 Å². The van der Waals surface area contributed by atoms with Crippen LogP contribution in [0.5, 0.6) is 0 Å². The highest BCUT2D eigenvalue weighted by Gasteiger charge is 2.48. The van der Waals surface area contributed by atoms with Gasteiger partial charge >= 0.3 is 0 Å². The number of aryl methyl sites for hydroxylation is 2. The summed E-state index contributed by atoms with van der Waals surface area (Å²) < 4.78 is 56.7. The van der Waals surface area contributed by atoms with E-state index in [0.717, 1.165) is 15.4 Å². The highest BCUT2D eigenvalue weighted by atomic mass is 32.2. The van der Waals surface area contributed by atoms with E-state index in [1.807, 2.05) is 6.92 Å². The van der Waals surface area contributed by atoms with Gasteiger partial charge in [-0.1, -0.05) is 60.2 Å². The van der Waals surface area contributed by atoms with Crippen LogP contribution in [0, 0.1) is 13.8 Å². The summed E-state index contributed by atoms with van der Waals surface area (Å²) in [5.74, 6) is -1.82. The minimum atomic E-state index is -4.29. The van der Waals surface area contributed by atoms with Crippen LogP contribution in [0.4, 0.5) is 5.69 Å². The van der Waals surface area contributed by atoms with Crippen LogP contribution in [0.15, 0.2) is 77.7 Å². The van der Waals surface area contributed by atoms with Gasteiger partial charge in [-0.25, -0.2) is 25.9 Å². The van der Waals surface area contributed by atoms with E-state index >= 15 is 0 Å². The number of nitrogens with zero attached hydrogens (tertiary/aromatic N) is 1. The Morgan fingerprint density at radius 3 is 1.97 bits per heavy atom. The van der Waals surface area contributed by atoms with Crippen LogP contribution in [0.2, 0.25) is 0 Å². The molecule has 0 fully saturated rings. The fourth-order valence-corrected chi connectivity index (χ4v) is 6.60. The van der Waals surface area contributed by atoms with Gasteiger partial charge in [0.15, 0.2) is 0 Å². The number of nitrogens with one attached hydrogen (secondary N) is 1. The maximum Gasteiger partial charge on any atom is 0.270 e. The Morgan fingerprint density at radius 1 is 0.806 bits per heavy atom. The number of anilines is 1. The van der Waals surface area contributed by atoms with Crippen molar-refractivity contribution >= 4 is 31.6 Å². The van der Waals surface area contributed by atoms with Crippen molar-refractivity contribution < 1.29 is 21.6 Å². The maximum absolute atomic E-state index is 14.1. The third-order valence-corrected chi connectivity index (χ3v) is 10.2. The van der Waals surface area contributed by atoms with Gasteiger partial charge in [0.25, 0.3) is 15.9 Å². The van der Waals surface area contributed by atoms with Crippen LogP contribution in [0.25, 0.3) is 0 Å². The Kier molecular flexibility index (Phi) is 6.61. The molecule has 1 aliphatic rings. The van der Waals surface area contributed by atoms with Gasteiger partial charge in [-0.05, 0) is 69.5 Å². The van der Waals surface area contributed by atoms with Crippen LogP contribution in [-0.2, 0) is 24.8 Å². The van der Waals surface area contributed by atoms with Crippen LogP contribution >= 0.6 is 0 Å². The predicted octanol–water partition coefficient (Wildman–Crippen LogP) is 4.58. The zero-order valence-electron chi connectivity index (χ0n) is 20.9. The molecule has 2 atom stereocenters. The fraction of sp³-hybridized carbons (Fsp3) is 0.296. The van der Waals surface area contributed by atoms with Gasteiger partial charge in [0.2, 0.25) is 10.0 Å². The quantitative estimate of drug-likeness (QED) is 0.524. The van der Waals surface area contributed by atoms with Crippen molar-refractivity contribution in [1.29, 1.82) is 0 Å². The lowest BCUT2D eigenvalue weighted by molar-refractivity contribution is -0.119. The van der Waals surface area contributed by atoms with Crippen LogP contribution in [0.1, 0.15) is 55.0 Å². The molecule has 4 rings (SSSR count). The van der Waals surface area contributed by atoms with Gasteiger partial charge in [0.05, 0.1) is 27.3 Å². The Morgan fingerprint density at radius 2 is 1.39 bits per heavy atom. The average molecular weight is 527 g/mol. The smallest absolute Gasteiger partial charge is 0.270 e. The molecule has 0 aliphatic carbocycles. The molecule has 3 aromatic rings. The lowest BCUT2D eigenvalue weighted by Gasteiger charge is -2.40. The Balaban J connectivity index is 1.99. The van der Waals surface area contributed by atoms with Crippen molar-refractivity contribution in [2.75, 3.05) is 4.31 Å². The van der Waals surface area contributed by atoms with Crippen LogP contribution < -0.4 is 9.03 Å². The zero-order valence-corrected chi connectivity index (χ0v) is 22.5. The molecular formula is C27H30N2O5S2. The summed E-state index contributed by atoms with van der Waals surface area (Å²) in [5, 5.41) is 0. The number of amides is 1. The molecule has 1 amide bonds. The first-order chi connectivity index (χ1) is 16.7. The molecule has 3 aromatic carbocycles. The van der Waals surface area contributed by atoms with E-state index in [1.165, 1.54) is 12.1 Å². The summed E-state index contributed by atoms with van der Waals surface area (Å²) in [6.45, 7) is 8.35. The second-order valence-corrected chi connectivity index (χ2v) is 14.3. The standard InChI is InChI=1S/C27H30N2O5S2/c1-18-11-14-21(15-12-18)35(31,32)29-23-17-19(2)13-16-22(23)25(28-36(33,34)27(3,4)5)24(26(29)30)20-9-7-6-8-10-20/h6-17,24-25,28H,1-5H3/t24-,25-/m1/s1. The number of rotatable bonds is 5. The van der Waals surface area contributed by atoms with E-state index in [-0.39, 0.29) is 10.6 Å². The normalized spacial score (nSPS) is 18.7. The number of carbonyl (C=O) groups excluding carboxylic acids is 1. The van der Waals surface area contributed by atoms with Gasteiger partial charge in [-0.2, -0.15) is 0 Å². The minimum absolute atomic E-state index is 0.0190. The number of hydrogen-bond acceptors (Lipinski definition) is 5. The first kappa shape index (κ1) is 26.1. The molecule has 0 saturated heterocycles. The summed E-state index contributed by atoms with van der Waals surface area (Å²) in [6, 6.07) is 19.0. The van der Waals surface area contributed by atoms with E-state index in [0.29, 0.717) is 11.1 Å². The topological polar surface area (TPSA) is 101 Å². The molecule has 0 bridgehead atoms. The van der Waals surface area contributed by atoms with Crippen molar-refractivity contribution in [1.82, 2.24) is 4.72 Å². The van der Waals surface area contributed by atoms with E-state index in [1.54, 1.807) is 88.4 Å². The SMILES string of the molecule is Cc1ccc(S(=O)(=O)N2C(=O)[C@H](c3ccccc3)[C@H](NS(=O)(=O)C(C)(C)C)c3ccc(C)cc32)cc1. The minimum Gasteiger partial charge on any atom is -0.273 e. The monoisotopic (exact) mass is 526 g/mol. The molecule has 0 aromatic heterocycles. The lowest BCUT2D eigenvalue weighted by atomic mass is 9.83. The molecule has 1 N–H and O–H groups in total. The molecule has 190 valence electrons. The number of benzene rings is 3. The second-order valence-electron chi connectivity index (χ2n) is 10.1.